The quantitative estimate of drug-likeness (QED) is 0.725. The zero-order chi connectivity index (χ0) is 12.9. The van der Waals surface area contributed by atoms with Gasteiger partial charge in [-0.05, 0) is 37.5 Å². The summed E-state index contributed by atoms with van der Waals surface area (Å²) < 4.78 is 0. The molecule has 2 fully saturated rings. The van der Waals surface area contributed by atoms with Crippen LogP contribution in [0.1, 0.15) is 64.2 Å². The van der Waals surface area contributed by atoms with Gasteiger partial charge in [0.15, 0.2) is 0 Å². The summed E-state index contributed by atoms with van der Waals surface area (Å²) in [6.07, 6.45) is 19.4. The normalized spacial score (nSPS) is 25.0. The van der Waals surface area contributed by atoms with E-state index in [4.69, 9.17) is 0 Å². The molecular weight excluding hydrogens is 312 g/mol. The molecule has 116 valence electrons. The molecule has 0 amide bonds. The lowest BCUT2D eigenvalue weighted by molar-refractivity contribution is 0.185. The Labute approximate surface area is 135 Å². The van der Waals surface area contributed by atoms with Crippen LogP contribution in [0.4, 0.5) is 0 Å². The molecule has 0 unspecified atom stereocenters. The van der Waals surface area contributed by atoms with Gasteiger partial charge >= 0.3 is 0 Å². The van der Waals surface area contributed by atoms with Crippen LogP contribution in [-0.4, -0.2) is 29.6 Å². The van der Waals surface area contributed by atoms with E-state index >= 15 is 0 Å². The summed E-state index contributed by atoms with van der Waals surface area (Å²) in [6.45, 7) is 3.77. The average Bonchev–Trinajstić information content (AvgIpc) is 2.88. The minimum absolute atomic E-state index is 0. The van der Waals surface area contributed by atoms with Crippen LogP contribution in [-0.2, 0) is 0 Å². The van der Waals surface area contributed by atoms with E-state index in [1.807, 2.05) is 0 Å². The highest BCUT2D eigenvalue weighted by atomic mass is 79.9. The summed E-state index contributed by atoms with van der Waals surface area (Å²) in [5.41, 5.74) is 0. The first-order chi connectivity index (χ1) is 9.40. The van der Waals surface area contributed by atoms with Gasteiger partial charge in [0.25, 0.3) is 0 Å². The monoisotopic (exact) mass is 342 g/mol. The maximum atomic E-state index is 2.55. The fourth-order valence-corrected chi connectivity index (χ4v) is 4.16. The molecule has 1 aliphatic heterocycles. The Balaban J connectivity index is 0.00000147. The summed E-state index contributed by atoms with van der Waals surface area (Å²) >= 11 is 0. The highest BCUT2D eigenvalue weighted by Crippen LogP contribution is 2.27. The van der Waals surface area contributed by atoms with Crippen molar-refractivity contribution in [2.24, 2.45) is 11.8 Å². The largest absolute Gasteiger partial charge is 0.358 e. The Bertz CT molecular complexity index is 265. The zero-order valence-electron chi connectivity index (χ0n) is 12.8. The minimum Gasteiger partial charge on any atom is -0.358 e. The first kappa shape index (κ1) is 16.2. The molecule has 0 aromatic heterocycles. The Hall–Kier alpha value is -0.180. The van der Waals surface area contributed by atoms with Crippen LogP contribution in [0, 0.1) is 11.8 Å². The summed E-state index contributed by atoms with van der Waals surface area (Å²) in [7, 11) is 0. The second kappa shape index (κ2) is 8.31. The molecule has 3 heteroatoms. The second-order valence-electron chi connectivity index (χ2n) is 6.99. The van der Waals surface area contributed by atoms with Crippen LogP contribution >= 0.6 is 17.0 Å². The van der Waals surface area contributed by atoms with Crippen molar-refractivity contribution in [3.05, 3.63) is 12.4 Å². The standard InChI is InChI=1S/C17H30N2.BrH/c1-3-7-16(8-4-1)13-18-11-12-19(15-18)14-17-9-5-2-6-10-17;/h11-12,16-17H,1-10,13-15H2;1H. The van der Waals surface area contributed by atoms with Gasteiger partial charge in [0.1, 0.15) is 0 Å². The molecule has 20 heavy (non-hydrogen) atoms. The SMILES string of the molecule is Br.C1=CN(CC2CCCCC2)CN1CC1CCCCC1. The van der Waals surface area contributed by atoms with Crippen molar-refractivity contribution < 1.29 is 0 Å². The third kappa shape index (κ3) is 4.68. The molecule has 0 saturated heterocycles. The molecule has 0 bridgehead atoms. The van der Waals surface area contributed by atoms with Gasteiger partial charge in [-0.25, -0.2) is 0 Å². The predicted molar refractivity (Wildman–Crippen MR) is 90.9 cm³/mol. The van der Waals surface area contributed by atoms with Gasteiger partial charge in [-0.2, -0.15) is 0 Å². The lowest BCUT2D eigenvalue weighted by Crippen LogP contribution is -2.33. The Morgan fingerprint density at radius 3 is 1.45 bits per heavy atom. The minimum atomic E-state index is 0. The van der Waals surface area contributed by atoms with E-state index in [-0.39, 0.29) is 17.0 Å². The fraction of sp³-hybridized carbons (Fsp3) is 0.882. The molecule has 3 rings (SSSR count). The van der Waals surface area contributed by atoms with Gasteiger partial charge in [-0.15, -0.1) is 17.0 Å². The van der Waals surface area contributed by atoms with E-state index in [0.29, 0.717) is 0 Å². The van der Waals surface area contributed by atoms with E-state index in [9.17, 15) is 0 Å². The van der Waals surface area contributed by atoms with Crippen molar-refractivity contribution in [3.8, 4) is 0 Å². The molecule has 2 nitrogen and oxygen atoms in total. The molecule has 0 atom stereocenters. The summed E-state index contributed by atoms with van der Waals surface area (Å²) in [5.74, 6) is 1.93. The Morgan fingerprint density at radius 2 is 1.05 bits per heavy atom. The molecule has 0 spiro atoms. The van der Waals surface area contributed by atoms with Crippen LogP contribution in [0.3, 0.4) is 0 Å². The maximum absolute atomic E-state index is 2.55. The third-order valence-electron chi connectivity index (χ3n) is 5.29. The van der Waals surface area contributed by atoms with E-state index in [1.54, 1.807) is 0 Å². The summed E-state index contributed by atoms with van der Waals surface area (Å²) in [4.78, 5) is 5.11. The molecule has 0 N–H and O–H groups in total. The van der Waals surface area contributed by atoms with Crippen LogP contribution < -0.4 is 0 Å². The Morgan fingerprint density at radius 1 is 0.650 bits per heavy atom. The third-order valence-corrected chi connectivity index (χ3v) is 5.29. The van der Waals surface area contributed by atoms with Crippen LogP contribution in [0.5, 0.6) is 0 Å². The summed E-state index contributed by atoms with van der Waals surface area (Å²) in [6, 6.07) is 0. The predicted octanol–water partition coefficient (Wildman–Crippen LogP) is 4.77. The molecule has 3 aliphatic rings. The van der Waals surface area contributed by atoms with Crippen molar-refractivity contribution in [2.45, 2.75) is 64.2 Å². The molecule has 2 saturated carbocycles. The van der Waals surface area contributed by atoms with E-state index in [1.165, 1.54) is 77.3 Å². The van der Waals surface area contributed by atoms with Gasteiger partial charge in [0.05, 0.1) is 6.67 Å². The van der Waals surface area contributed by atoms with Gasteiger partial charge in [-0.3, -0.25) is 0 Å². The first-order valence-electron chi connectivity index (χ1n) is 8.56. The number of nitrogens with zero attached hydrogens (tertiary/aromatic N) is 2. The van der Waals surface area contributed by atoms with Crippen molar-refractivity contribution in [3.63, 3.8) is 0 Å². The smallest absolute Gasteiger partial charge is 0.0893 e. The lowest BCUT2D eigenvalue weighted by Gasteiger charge is -2.30. The number of halogens is 1. The van der Waals surface area contributed by atoms with Crippen molar-refractivity contribution >= 4 is 17.0 Å². The molecule has 0 aromatic carbocycles. The second-order valence-corrected chi connectivity index (χ2v) is 6.99. The maximum Gasteiger partial charge on any atom is 0.0893 e. The molecular formula is C17H31BrN2. The van der Waals surface area contributed by atoms with Gasteiger partial charge < -0.3 is 9.80 Å². The molecule has 2 aliphatic carbocycles. The number of hydrogen-bond acceptors (Lipinski definition) is 2. The van der Waals surface area contributed by atoms with E-state index in [0.717, 1.165) is 18.5 Å². The topological polar surface area (TPSA) is 6.48 Å². The number of hydrogen-bond donors (Lipinski definition) is 0. The van der Waals surface area contributed by atoms with Crippen molar-refractivity contribution in [2.75, 3.05) is 19.8 Å². The van der Waals surface area contributed by atoms with Gasteiger partial charge in [0.2, 0.25) is 0 Å². The number of rotatable bonds is 4. The fourth-order valence-electron chi connectivity index (χ4n) is 4.16. The molecule has 0 aromatic rings. The highest BCUT2D eigenvalue weighted by molar-refractivity contribution is 8.93. The van der Waals surface area contributed by atoms with E-state index < -0.39 is 0 Å². The molecule has 0 radical (unpaired) electrons. The van der Waals surface area contributed by atoms with Gasteiger partial charge in [0, 0.05) is 25.5 Å². The van der Waals surface area contributed by atoms with Crippen molar-refractivity contribution in [1.82, 2.24) is 9.80 Å². The lowest BCUT2D eigenvalue weighted by atomic mass is 9.89. The average molecular weight is 343 g/mol. The van der Waals surface area contributed by atoms with Crippen LogP contribution in [0.15, 0.2) is 12.4 Å². The van der Waals surface area contributed by atoms with E-state index in [2.05, 4.69) is 22.2 Å². The van der Waals surface area contributed by atoms with Crippen molar-refractivity contribution in [1.29, 1.82) is 0 Å². The molecule has 1 heterocycles. The highest BCUT2D eigenvalue weighted by Gasteiger charge is 2.21. The van der Waals surface area contributed by atoms with Crippen LogP contribution in [0.2, 0.25) is 0 Å². The van der Waals surface area contributed by atoms with Gasteiger partial charge in [-0.1, -0.05) is 38.5 Å². The first-order valence-corrected chi connectivity index (χ1v) is 8.56. The Kier molecular flexibility index (Phi) is 6.73. The zero-order valence-corrected chi connectivity index (χ0v) is 14.5. The summed E-state index contributed by atoms with van der Waals surface area (Å²) in [5, 5.41) is 0. The van der Waals surface area contributed by atoms with Crippen LogP contribution in [0.25, 0.3) is 0 Å².